The maximum Gasteiger partial charge on any atom is 0.365 e. The lowest BCUT2D eigenvalue weighted by atomic mass is 10.1. The molecule has 0 saturated carbocycles. The molecule has 2 amide bonds. The number of urea groups is 1. The Morgan fingerprint density at radius 2 is 1.86 bits per heavy atom. The molecule has 0 unspecified atom stereocenters. The molecule has 0 radical (unpaired) electrons. The summed E-state index contributed by atoms with van der Waals surface area (Å²) >= 11 is 5.31. The molecule has 3 rings (SSSR count). The second-order valence-electron chi connectivity index (χ2n) is 5.81. The highest BCUT2D eigenvalue weighted by Crippen LogP contribution is 2.21. The summed E-state index contributed by atoms with van der Waals surface area (Å²) in [6.45, 7) is 0.544. The molecule has 0 atom stereocenters. The van der Waals surface area contributed by atoms with Crippen molar-refractivity contribution >= 4 is 42.0 Å². The van der Waals surface area contributed by atoms with Crippen LogP contribution in [0.5, 0.6) is 5.75 Å². The molecule has 0 bridgehead atoms. The van der Waals surface area contributed by atoms with Gasteiger partial charge in [0.1, 0.15) is 5.75 Å². The van der Waals surface area contributed by atoms with Crippen LogP contribution in [-0.2, 0) is 6.42 Å². The van der Waals surface area contributed by atoms with Crippen molar-refractivity contribution in [3.8, 4) is 5.75 Å². The van der Waals surface area contributed by atoms with E-state index in [-0.39, 0.29) is 11.7 Å². The van der Waals surface area contributed by atoms with Gasteiger partial charge in [-0.05, 0) is 54.2 Å². The number of rotatable bonds is 7. The molecule has 0 aliphatic heterocycles. The van der Waals surface area contributed by atoms with E-state index in [0.29, 0.717) is 18.0 Å². The Bertz CT molecular complexity index is 903. The van der Waals surface area contributed by atoms with Gasteiger partial charge in [-0.3, -0.25) is 0 Å². The van der Waals surface area contributed by atoms with Crippen molar-refractivity contribution in [3.63, 3.8) is 0 Å². The Morgan fingerprint density at radius 3 is 2.54 bits per heavy atom. The quantitative estimate of drug-likeness (QED) is 0.266. The Morgan fingerprint density at radius 1 is 1.11 bits per heavy atom. The Kier molecular flexibility index (Phi) is 6.99. The van der Waals surface area contributed by atoms with Crippen LogP contribution in [0.3, 0.4) is 0 Å². The number of amides is 2. The fourth-order valence-electron chi connectivity index (χ4n) is 2.39. The molecular weight excluding hydrogens is 396 g/mol. The molecule has 1 heterocycles. The number of aromatic nitrogens is 2. The number of carbonyl (C=O) groups is 2. The Hall–Kier alpha value is -2.91. The zero-order valence-corrected chi connectivity index (χ0v) is 16.5. The minimum Gasteiger partial charge on any atom is -0.422 e. The number of hydrogen-bond acceptors (Lipinski definition) is 7. The first-order valence-corrected chi connectivity index (χ1v) is 9.77. The number of ether oxygens (including phenoxy) is 1. The average molecular weight is 415 g/mol. The van der Waals surface area contributed by atoms with Crippen LogP contribution < -0.4 is 14.4 Å². The maximum absolute atomic E-state index is 12.2. The van der Waals surface area contributed by atoms with E-state index < -0.39 is 5.97 Å². The minimum atomic E-state index is -0.583. The van der Waals surface area contributed by atoms with Crippen LogP contribution in [0.4, 0.5) is 10.5 Å². The summed E-state index contributed by atoms with van der Waals surface area (Å²) < 4.78 is 10.0. The van der Waals surface area contributed by atoms with Crippen LogP contribution in [0.2, 0.25) is 0 Å². The van der Waals surface area contributed by atoms with Gasteiger partial charge in [-0.15, -0.1) is 5.10 Å². The Labute approximate surface area is 172 Å². The maximum atomic E-state index is 12.2. The highest BCUT2D eigenvalue weighted by molar-refractivity contribution is 7.82. The third-order valence-electron chi connectivity index (χ3n) is 3.81. The highest BCUT2D eigenvalue weighted by atomic mass is 32.1. The van der Waals surface area contributed by atoms with Crippen LogP contribution in [0.25, 0.3) is 0 Å². The van der Waals surface area contributed by atoms with E-state index in [0.717, 1.165) is 24.4 Å². The second-order valence-corrected chi connectivity index (χ2v) is 6.82. The highest BCUT2D eigenvalue weighted by Gasteiger charge is 2.14. The fourth-order valence-corrected chi connectivity index (χ4v) is 3.02. The number of nitrogens with one attached hydrogen (secondary N) is 1. The van der Waals surface area contributed by atoms with Crippen LogP contribution in [0.1, 0.15) is 22.5 Å². The van der Waals surface area contributed by atoms with E-state index in [4.69, 9.17) is 4.74 Å². The SMILES string of the molecule is O=C(Oc1ccc(N(S)C(=O)NCCCc2ccccc2)cc1)c1csnn1. The molecule has 7 nitrogen and oxygen atoms in total. The van der Waals surface area contributed by atoms with Crippen LogP contribution in [0, 0.1) is 0 Å². The van der Waals surface area contributed by atoms with Crippen molar-refractivity contribution in [1.82, 2.24) is 14.9 Å². The van der Waals surface area contributed by atoms with E-state index in [1.165, 1.54) is 15.2 Å². The lowest BCUT2D eigenvalue weighted by Gasteiger charge is -2.17. The normalized spacial score (nSPS) is 10.3. The minimum absolute atomic E-state index is 0.153. The number of aryl methyl sites for hydroxylation is 1. The molecule has 0 aliphatic rings. The van der Waals surface area contributed by atoms with Gasteiger partial charge in [0.25, 0.3) is 0 Å². The molecule has 9 heteroatoms. The molecule has 0 aliphatic carbocycles. The summed E-state index contributed by atoms with van der Waals surface area (Å²) in [5.74, 6) is -0.243. The predicted molar refractivity (Wildman–Crippen MR) is 111 cm³/mol. The first kappa shape index (κ1) is 19.8. The van der Waals surface area contributed by atoms with Crippen molar-refractivity contribution in [2.45, 2.75) is 12.8 Å². The molecule has 144 valence electrons. The molecule has 2 aromatic carbocycles. The third kappa shape index (κ3) is 5.54. The predicted octanol–water partition coefficient (Wildman–Crippen LogP) is 3.75. The summed E-state index contributed by atoms with van der Waals surface area (Å²) in [4.78, 5) is 24.1. The number of carbonyl (C=O) groups excluding carboxylic acids is 2. The smallest absolute Gasteiger partial charge is 0.365 e. The average Bonchev–Trinajstić information content (AvgIpc) is 3.27. The summed E-state index contributed by atoms with van der Waals surface area (Å²) in [7, 11) is 0. The van der Waals surface area contributed by atoms with Crippen molar-refractivity contribution in [3.05, 3.63) is 71.2 Å². The number of anilines is 1. The van der Waals surface area contributed by atoms with Gasteiger partial charge >= 0.3 is 12.0 Å². The fraction of sp³-hybridized carbons (Fsp3) is 0.158. The Balaban J connectivity index is 1.46. The zero-order valence-electron chi connectivity index (χ0n) is 14.8. The van der Waals surface area contributed by atoms with Gasteiger partial charge in [0.15, 0.2) is 5.69 Å². The summed E-state index contributed by atoms with van der Waals surface area (Å²) in [6.07, 6.45) is 1.72. The third-order valence-corrected chi connectivity index (χ3v) is 4.73. The number of esters is 1. The van der Waals surface area contributed by atoms with E-state index >= 15 is 0 Å². The van der Waals surface area contributed by atoms with Gasteiger partial charge < -0.3 is 10.1 Å². The van der Waals surface area contributed by atoms with Crippen molar-refractivity contribution in [1.29, 1.82) is 0 Å². The van der Waals surface area contributed by atoms with Gasteiger partial charge in [0.2, 0.25) is 0 Å². The summed E-state index contributed by atoms with van der Waals surface area (Å²) in [5, 5.41) is 7.99. The van der Waals surface area contributed by atoms with Crippen LogP contribution in [0.15, 0.2) is 60.0 Å². The van der Waals surface area contributed by atoms with E-state index in [2.05, 4.69) is 39.9 Å². The molecular formula is C19H18N4O3S2. The van der Waals surface area contributed by atoms with Gasteiger partial charge in [-0.1, -0.05) is 47.6 Å². The molecule has 1 N–H and O–H groups in total. The standard InChI is InChI=1S/C19H18N4O3S2/c24-18(17-13-28-22-21-17)26-16-10-8-15(9-11-16)23(27)19(25)20-12-4-7-14-5-2-1-3-6-14/h1-3,5-6,8-11,13,27H,4,7,12H2,(H,20,25). The lowest BCUT2D eigenvalue weighted by molar-refractivity contribution is 0.0728. The molecule has 3 aromatic rings. The van der Waals surface area contributed by atoms with Crippen molar-refractivity contribution < 1.29 is 14.3 Å². The van der Waals surface area contributed by atoms with Crippen LogP contribution in [-0.4, -0.2) is 28.1 Å². The number of nitrogens with zero attached hydrogens (tertiary/aromatic N) is 3. The lowest BCUT2D eigenvalue weighted by Crippen LogP contribution is -2.34. The number of benzene rings is 2. The van der Waals surface area contributed by atoms with E-state index in [9.17, 15) is 9.59 Å². The van der Waals surface area contributed by atoms with E-state index in [1.54, 1.807) is 24.3 Å². The van der Waals surface area contributed by atoms with Crippen molar-refractivity contribution in [2.24, 2.45) is 0 Å². The molecule has 0 fully saturated rings. The van der Waals surface area contributed by atoms with Gasteiger partial charge in [0.05, 0.1) is 5.69 Å². The van der Waals surface area contributed by atoms with Crippen LogP contribution >= 0.6 is 24.3 Å². The molecule has 1 aromatic heterocycles. The summed E-state index contributed by atoms with van der Waals surface area (Å²) in [6, 6.07) is 16.2. The van der Waals surface area contributed by atoms with Gasteiger partial charge in [0, 0.05) is 11.9 Å². The number of hydrogen-bond donors (Lipinski definition) is 2. The second kappa shape index (κ2) is 9.86. The summed E-state index contributed by atoms with van der Waals surface area (Å²) in [5.41, 5.74) is 1.94. The van der Waals surface area contributed by atoms with Gasteiger partial charge in [-0.25, -0.2) is 13.9 Å². The topological polar surface area (TPSA) is 84.4 Å². The largest absolute Gasteiger partial charge is 0.422 e. The van der Waals surface area contributed by atoms with Crippen molar-refractivity contribution in [2.75, 3.05) is 10.8 Å². The molecule has 0 saturated heterocycles. The molecule has 0 spiro atoms. The zero-order chi connectivity index (χ0) is 19.8. The first-order chi connectivity index (χ1) is 13.6. The van der Waals surface area contributed by atoms with E-state index in [1.807, 2.05) is 18.2 Å². The number of thiol groups is 1. The first-order valence-electron chi connectivity index (χ1n) is 8.53. The van der Waals surface area contributed by atoms with Gasteiger partial charge in [-0.2, -0.15) is 0 Å². The monoisotopic (exact) mass is 414 g/mol. The molecule has 28 heavy (non-hydrogen) atoms.